The Labute approximate surface area is 118 Å². The van der Waals surface area contributed by atoms with Crippen LogP contribution in [0.4, 0.5) is 0 Å². The Hall–Kier alpha value is -0.650. The highest BCUT2D eigenvalue weighted by atomic mass is 35.5. The summed E-state index contributed by atoms with van der Waals surface area (Å²) in [6, 6.07) is 1.69. The van der Waals surface area contributed by atoms with Crippen LogP contribution >= 0.6 is 11.6 Å². The topological polar surface area (TPSA) is 50.3 Å². The maximum atomic E-state index is 12.7. The van der Waals surface area contributed by atoms with E-state index in [0.717, 1.165) is 25.7 Å². The molecule has 2 fully saturated rings. The number of nitrogens with zero attached hydrogens (tertiary/aromatic N) is 2. The van der Waals surface area contributed by atoms with Gasteiger partial charge in [0.2, 0.25) is 10.0 Å². The second kappa shape index (κ2) is 5.04. The summed E-state index contributed by atoms with van der Waals surface area (Å²) in [7, 11) is -3.50. The van der Waals surface area contributed by atoms with E-state index in [4.69, 9.17) is 11.6 Å². The van der Waals surface area contributed by atoms with Crippen molar-refractivity contribution in [1.29, 1.82) is 0 Å². The van der Waals surface area contributed by atoms with Gasteiger partial charge in [0.15, 0.2) is 0 Å². The van der Waals surface area contributed by atoms with Crippen LogP contribution in [0.1, 0.15) is 32.1 Å². The molecule has 19 heavy (non-hydrogen) atoms. The van der Waals surface area contributed by atoms with Gasteiger partial charge in [-0.3, -0.25) is 4.98 Å². The first-order valence-electron chi connectivity index (χ1n) is 6.72. The third-order valence-corrected chi connectivity index (χ3v) is 6.67. The summed E-state index contributed by atoms with van der Waals surface area (Å²) in [6.45, 7) is 0.614. The van der Waals surface area contributed by atoms with Crippen molar-refractivity contribution in [3.63, 3.8) is 0 Å². The summed E-state index contributed by atoms with van der Waals surface area (Å²) >= 11 is 6.02. The predicted octanol–water partition coefficient (Wildman–Crippen LogP) is 2.69. The number of pyridine rings is 1. The maximum absolute atomic E-state index is 12.7. The Morgan fingerprint density at radius 1 is 1.26 bits per heavy atom. The molecule has 6 heteroatoms. The van der Waals surface area contributed by atoms with Gasteiger partial charge in [-0.1, -0.05) is 24.4 Å². The van der Waals surface area contributed by atoms with Crippen LogP contribution in [0.3, 0.4) is 0 Å². The van der Waals surface area contributed by atoms with Gasteiger partial charge in [-0.25, -0.2) is 8.42 Å². The fourth-order valence-electron chi connectivity index (χ4n) is 3.34. The minimum absolute atomic E-state index is 0.142. The highest BCUT2D eigenvalue weighted by molar-refractivity contribution is 7.89. The van der Waals surface area contributed by atoms with E-state index < -0.39 is 10.0 Å². The molecular formula is C13H17ClN2O2S. The molecule has 104 valence electrons. The monoisotopic (exact) mass is 300 g/mol. The van der Waals surface area contributed by atoms with Gasteiger partial charge in [0.05, 0.1) is 5.02 Å². The molecule has 0 bridgehead atoms. The zero-order chi connectivity index (χ0) is 13.5. The van der Waals surface area contributed by atoms with Crippen LogP contribution in [0, 0.1) is 5.92 Å². The molecule has 0 aromatic carbocycles. The molecule has 0 N–H and O–H groups in total. The average Bonchev–Trinajstić information content (AvgIpc) is 2.83. The van der Waals surface area contributed by atoms with Gasteiger partial charge in [-0.15, -0.1) is 0 Å². The number of hydrogen-bond acceptors (Lipinski definition) is 3. The summed E-state index contributed by atoms with van der Waals surface area (Å²) in [5.74, 6) is 0.527. The van der Waals surface area contributed by atoms with E-state index >= 15 is 0 Å². The number of rotatable bonds is 2. The average molecular weight is 301 g/mol. The molecular weight excluding hydrogens is 284 g/mol. The summed E-state index contributed by atoms with van der Waals surface area (Å²) in [6.07, 6.45) is 8.31. The minimum Gasteiger partial charge on any atom is -0.263 e. The zero-order valence-corrected chi connectivity index (χ0v) is 12.2. The molecule has 1 saturated carbocycles. The highest BCUT2D eigenvalue weighted by Gasteiger charge is 2.42. The fourth-order valence-corrected chi connectivity index (χ4v) is 5.48. The SMILES string of the molecule is O=S(=O)(c1cnccc1Cl)N1CCC2CCCCC21. The first-order chi connectivity index (χ1) is 9.10. The Morgan fingerprint density at radius 3 is 2.84 bits per heavy atom. The van der Waals surface area contributed by atoms with E-state index in [0.29, 0.717) is 12.5 Å². The van der Waals surface area contributed by atoms with Crippen LogP contribution in [0.25, 0.3) is 0 Å². The smallest absolute Gasteiger partial charge is 0.246 e. The van der Waals surface area contributed by atoms with Crippen molar-refractivity contribution in [2.75, 3.05) is 6.54 Å². The van der Waals surface area contributed by atoms with E-state index in [1.165, 1.54) is 24.9 Å². The lowest BCUT2D eigenvalue weighted by atomic mass is 9.86. The van der Waals surface area contributed by atoms with Crippen LogP contribution in [0.5, 0.6) is 0 Å². The molecule has 1 aliphatic heterocycles. The second-order valence-electron chi connectivity index (χ2n) is 5.32. The number of halogens is 1. The minimum atomic E-state index is -3.50. The van der Waals surface area contributed by atoms with Crippen LogP contribution < -0.4 is 0 Å². The Kier molecular flexibility index (Phi) is 3.53. The van der Waals surface area contributed by atoms with E-state index in [-0.39, 0.29) is 16.0 Å². The summed E-state index contributed by atoms with van der Waals surface area (Å²) in [4.78, 5) is 4.04. The van der Waals surface area contributed by atoms with Crippen LogP contribution in [-0.4, -0.2) is 30.3 Å². The van der Waals surface area contributed by atoms with Gasteiger partial charge in [0.1, 0.15) is 4.90 Å². The van der Waals surface area contributed by atoms with Gasteiger partial charge in [0.25, 0.3) is 0 Å². The zero-order valence-electron chi connectivity index (χ0n) is 10.6. The van der Waals surface area contributed by atoms with Gasteiger partial charge in [-0.2, -0.15) is 4.31 Å². The number of aromatic nitrogens is 1. The number of sulfonamides is 1. The molecule has 1 saturated heterocycles. The molecule has 2 aliphatic rings. The Balaban J connectivity index is 1.95. The lowest BCUT2D eigenvalue weighted by Gasteiger charge is -2.31. The maximum Gasteiger partial charge on any atom is 0.246 e. The highest BCUT2D eigenvalue weighted by Crippen LogP contribution is 2.39. The van der Waals surface area contributed by atoms with Crippen molar-refractivity contribution in [2.24, 2.45) is 5.92 Å². The molecule has 0 radical (unpaired) electrons. The third-order valence-electron chi connectivity index (χ3n) is 4.28. The quantitative estimate of drug-likeness (QED) is 0.844. The predicted molar refractivity (Wildman–Crippen MR) is 73.5 cm³/mol. The first-order valence-corrected chi connectivity index (χ1v) is 8.54. The van der Waals surface area contributed by atoms with E-state index in [1.807, 2.05) is 0 Å². The van der Waals surface area contributed by atoms with Crippen molar-refractivity contribution in [2.45, 2.75) is 43.0 Å². The molecule has 3 rings (SSSR count). The lowest BCUT2D eigenvalue weighted by Crippen LogP contribution is -2.39. The van der Waals surface area contributed by atoms with Gasteiger partial charge in [0, 0.05) is 25.0 Å². The molecule has 0 spiro atoms. The molecule has 2 atom stereocenters. The van der Waals surface area contributed by atoms with Gasteiger partial charge >= 0.3 is 0 Å². The first kappa shape index (κ1) is 13.3. The molecule has 1 aromatic heterocycles. The van der Waals surface area contributed by atoms with Crippen molar-refractivity contribution >= 4 is 21.6 Å². The Morgan fingerprint density at radius 2 is 2.05 bits per heavy atom. The molecule has 1 aromatic rings. The Bertz CT molecular complexity index is 576. The van der Waals surface area contributed by atoms with Crippen molar-refractivity contribution in [3.8, 4) is 0 Å². The van der Waals surface area contributed by atoms with Crippen molar-refractivity contribution in [1.82, 2.24) is 9.29 Å². The molecule has 2 unspecified atom stereocenters. The summed E-state index contributed by atoms with van der Waals surface area (Å²) in [5.41, 5.74) is 0. The van der Waals surface area contributed by atoms with E-state index in [2.05, 4.69) is 4.98 Å². The fraction of sp³-hybridized carbons (Fsp3) is 0.615. The molecule has 0 amide bonds. The van der Waals surface area contributed by atoms with Crippen molar-refractivity contribution < 1.29 is 8.42 Å². The van der Waals surface area contributed by atoms with Crippen LogP contribution in [-0.2, 0) is 10.0 Å². The second-order valence-corrected chi connectivity index (χ2v) is 7.59. The number of fused-ring (bicyclic) bond motifs is 1. The summed E-state index contributed by atoms with van der Waals surface area (Å²) in [5, 5.41) is 0.259. The largest absolute Gasteiger partial charge is 0.263 e. The molecule has 2 heterocycles. The van der Waals surface area contributed by atoms with E-state index in [1.54, 1.807) is 4.31 Å². The normalized spacial score (nSPS) is 28.3. The third kappa shape index (κ3) is 2.28. The lowest BCUT2D eigenvalue weighted by molar-refractivity contribution is 0.260. The standard InChI is InChI=1S/C13H17ClN2O2S/c14-11-5-7-15-9-13(11)19(17,18)16-8-6-10-3-1-2-4-12(10)16/h5,7,9-10,12H,1-4,6,8H2. The van der Waals surface area contributed by atoms with Gasteiger partial charge in [-0.05, 0) is 31.2 Å². The van der Waals surface area contributed by atoms with E-state index in [9.17, 15) is 8.42 Å². The van der Waals surface area contributed by atoms with Crippen LogP contribution in [0.15, 0.2) is 23.4 Å². The van der Waals surface area contributed by atoms with Crippen molar-refractivity contribution in [3.05, 3.63) is 23.5 Å². The summed E-state index contributed by atoms with van der Waals surface area (Å²) < 4.78 is 27.1. The van der Waals surface area contributed by atoms with Gasteiger partial charge < -0.3 is 0 Å². The molecule has 1 aliphatic carbocycles. The van der Waals surface area contributed by atoms with Crippen LogP contribution in [0.2, 0.25) is 5.02 Å². The number of hydrogen-bond donors (Lipinski definition) is 0. The molecule has 4 nitrogen and oxygen atoms in total.